The standard InChI is InChI=1S/C19H20Cl2N2O2/c1-3-13-4-6-14(7-5-13)12(2)23-18(24)11-22-19(25)16-9-8-15(20)10-17(16)21/h4-10,12H,3,11H2,1-2H3,(H,22,25)(H,23,24). The highest BCUT2D eigenvalue weighted by molar-refractivity contribution is 6.36. The Labute approximate surface area is 157 Å². The predicted octanol–water partition coefficient (Wildman–Crippen LogP) is 4.16. The first-order valence-corrected chi connectivity index (χ1v) is 8.77. The molecule has 2 N–H and O–H groups in total. The minimum absolute atomic E-state index is 0.130. The van der Waals surface area contributed by atoms with Gasteiger partial charge < -0.3 is 10.6 Å². The molecule has 0 fully saturated rings. The highest BCUT2D eigenvalue weighted by Crippen LogP contribution is 2.20. The van der Waals surface area contributed by atoms with Crippen LogP contribution in [0.5, 0.6) is 0 Å². The molecule has 1 unspecified atom stereocenters. The lowest BCUT2D eigenvalue weighted by Crippen LogP contribution is -2.38. The molecule has 0 aliphatic rings. The van der Waals surface area contributed by atoms with Crippen molar-refractivity contribution in [2.24, 2.45) is 0 Å². The van der Waals surface area contributed by atoms with Crippen LogP contribution < -0.4 is 10.6 Å². The van der Waals surface area contributed by atoms with Crippen LogP contribution in [0.2, 0.25) is 10.0 Å². The summed E-state index contributed by atoms with van der Waals surface area (Å²) in [7, 11) is 0. The van der Waals surface area contributed by atoms with Crippen LogP contribution in [-0.2, 0) is 11.2 Å². The van der Waals surface area contributed by atoms with E-state index in [1.165, 1.54) is 17.7 Å². The van der Waals surface area contributed by atoms with Gasteiger partial charge in [-0.2, -0.15) is 0 Å². The van der Waals surface area contributed by atoms with Gasteiger partial charge in [-0.05, 0) is 42.7 Å². The lowest BCUT2D eigenvalue weighted by Gasteiger charge is -2.15. The Hall–Kier alpha value is -2.04. The summed E-state index contributed by atoms with van der Waals surface area (Å²) in [6.45, 7) is 3.86. The van der Waals surface area contributed by atoms with E-state index < -0.39 is 5.91 Å². The Balaban J connectivity index is 1.87. The Morgan fingerprint density at radius 3 is 2.36 bits per heavy atom. The summed E-state index contributed by atoms with van der Waals surface area (Å²) in [5.41, 5.74) is 2.54. The molecule has 0 saturated heterocycles. The molecule has 2 rings (SSSR count). The fourth-order valence-corrected chi connectivity index (χ4v) is 2.84. The first kappa shape index (κ1) is 19.3. The quantitative estimate of drug-likeness (QED) is 0.792. The molecular weight excluding hydrogens is 359 g/mol. The zero-order valence-electron chi connectivity index (χ0n) is 14.1. The second-order valence-corrected chi connectivity index (χ2v) is 6.53. The maximum Gasteiger partial charge on any atom is 0.253 e. The summed E-state index contributed by atoms with van der Waals surface area (Å²) >= 11 is 11.8. The Kier molecular flexibility index (Phi) is 6.85. The molecule has 0 aliphatic heterocycles. The smallest absolute Gasteiger partial charge is 0.253 e. The van der Waals surface area contributed by atoms with Crippen LogP contribution in [0, 0.1) is 0 Å². The topological polar surface area (TPSA) is 58.2 Å². The molecule has 0 spiro atoms. The molecular formula is C19H20Cl2N2O2. The average Bonchev–Trinajstić information content (AvgIpc) is 2.59. The molecule has 132 valence electrons. The number of aryl methyl sites for hydroxylation is 1. The molecule has 2 aromatic carbocycles. The lowest BCUT2D eigenvalue weighted by molar-refractivity contribution is -0.120. The maximum atomic E-state index is 12.1. The van der Waals surface area contributed by atoms with Crippen molar-refractivity contribution >= 4 is 35.0 Å². The van der Waals surface area contributed by atoms with Crippen LogP contribution in [0.25, 0.3) is 0 Å². The third-order valence-electron chi connectivity index (χ3n) is 3.85. The van der Waals surface area contributed by atoms with E-state index in [4.69, 9.17) is 23.2 Å². The molecule has 0 radical (unpaired) electrons. The SMILES string of the molecule is CCc1ccc(C(C)NC(=O)CNC(=O)c2ccc(Cl)cc2Cl)cc1. The van der Waals surface area contributed by atoms with Gasteiger partial charge in [-0.3, -0.25) is 9.59 Å². The van der Waals surface area contributed by atoms with Gasteiger partial charge in [-0.15, -0.1) is 0 Å². The summed E-state index contributed by atoms with van der Waals surface area (Å²) in [5, 5.41) is 6.10. The van der Waals surface area contributed by atoms with Crippen molar-refractivity contribution in [2.45, 2.75) is 26.3 Å². The third-order valence-corrected chi connectivity index (χ3v) is 4.40. The molecule has 25 heavy (non-hydrogen) atoms. The first-order valence-electron chi connectivity index (χ1n) is 8.02. The zero-order chi connectivity index (χ0) is 18.4. The van der Waals surface area contributed by atoms with Gasteiger partial charge in [-0.25, -0.2) is 0 Å². The van der Waals surface area contributed by atoms with Crippen LogP contribution in [0.15, 0.2) is 42.5 Å². The van der Waals surface area contributed by atoms with Crippen molar-refractivity contribution < 1.29 is 9.59 Å². The van der Waals surface area contributed by atoms with Crippen LogP contribution >= 0.6 is 23.2 Å². The van der Waals surface area contributed by atoms with Gasteiger partial charge in [0.1, 0.15) is 0 Å². The highest BCUT2D eigenvalue weighted by atomic mass is 35.5. The number of carbonyl (C=O) groups is 2. The number of hydrogen-bond donors (Lipinski definition) is 2. The molecule has 0 heterocycles. The summed E-state index contributed by atoms with van der Waals surface area (Å²) in [6.07, 6.45) is 0.973. The number of halogens is 2. The monoisotopic (exact) mass is 378 g/mol. The molecule has 1 atom stereocenters. The summed E-state index contributed by atoms with van der Waals surface area (Å²) < 4.78 is 0. The molecule has 0 bridgehead atoms. The lowest BCUT2D eigenvalue weighted by atomic mass is 10.1. The van der Waals surface area contributed by atoms with Crippen molar-refractivity contribution in [3.8, 4) is 0 Å². The van der Waals surface area contributed by atoms with E-state index in [9.17, 15) is 9.59 Å². The zero-order valence-corrected chi connectivity index (χ0v) is 15.6. The Morgan fingerprint density at radius 2 is 1.76 bits per heavy atom. The maximum absolute atomic E-state index is 12.1. The first-order chi connectivity index (χ1) is 11.9. The normalized spacial score (nSPS) is 11.7. The van der Waals surface area contributed by atoms with Crippen molar-refractivity contribution in [1.82, 2.24) is 10.6 Å². The van der Waals surface area contributed by atoms with Crippen LogP contribution in [0.1, 0.15) is 41.4 Å². The second kappa shape index (κ2) is 8.88. The van der Waals surface area contributed by atoms with Crippen LogP contribution in [0.4, 0.5) is 0 Å². The van der Waals surface area contributed by atoms with Gasteiger partial charge in [0, 0.05) is 5.02 Å². The molecule has 2 aromatic rings. The van der Waals surface area contributed by atoms with E-state index in [2.05, 4.69) is 17.6 Å². The van der Waals surface area contributed by atoms with Gasteiger partial charge in [0.25, 0.3) is 5.91 Å². The fourth-order valence-electron chi connectivity index (χ4n) is 2.35. The van der Waals surface area contributed by atoms with Gasteiger partial charge >= 0.3 is 0 Å². The Bertz CT molecular complexity index is 761. The molecule has 6 heteroatoms. The Morgan fingerprint density at radius 1 is 1.08 bits per heavy atom. The van der Waals surface area contributed by atoms with E-state index in [0.717, 1.165) is 12.0 Å². The summed E-state index contributed by atoms with van der Waals surface area (Å²) in [4.78, 5) is 24.1. The average molecular weight is 379 g/mol. The summed E-state index contributed by atoms with van der Waals surface area (Å²) in [5.74, 6) is -0.692. The number of hydrogen-bond acceptors (Lipinski definition) is 2. The van der Waals surface area contributed by atoms with Crippen LogP contribution in [0.3, 0.4) is 0 Å². The number of carbonyl (C=O) groups excluding carboxylic acids is 2. The summed E-state index contributed by atoms with van der Waals surface area (Å²) in [6, 6.07) is 12.5. The number of amides is 2. The molecule has 2 amide bonds. The van der Waals surface area contributed by atoms with Gasteiger partial charge in [0.2, 0.25) is 5.91 Å². The van der Waals surface area contributed by atoms with E-state index >= 15 is 0 Å². The van der Waals surface area contributed by atoms with E-state index in [-0.39, 0.29) is 29.1 Å². The number of rotatable bonds is 6. The van der Waals surface area contributed by atoms with Crippen molar-refractivity contribution in [1.29, 1.82) is 0 Å². The number of nitrogens with one attached hydrogen (secondary N) is 2. The van der Waals surface area contributed by atoms with Crippen molar-refractivity contribution in [3.05, 3.63) is 69.2 Å². The van der Waals surface area contributed by atoms with Crippen LogP contribution in [-0.4, -0.2) is 18.4 Å². The van der Waals surface area contributed by atoms with Gasteiger partial charge in [-0.1, -0.05) is 54.4 Å². The second-order valence-electron chi connectivity index (χ2n) is 5.69. The number of benzene rings is 2. The van der Waals surface area contributed by atoms with Gasteiger partial charge in [0.15, 0.2) is 0 Å². The predicted molar refractivity (Wildman–Crippen MR) is 101 cm³/mol. The van der Waals surface area contributed by atoms with Gasteiger partial charge in [0.05, 0.1) is 23.2 Å². The minimum atomic E-state index is -0.420. The molecule has 4 nitrogen and oxygen atoms in total. The molecule has 0 aromatic heterocycles. The third kappa shape index (κ3) is 5.48. The molecule has 0 aliphatic carbocycles. The van der Waals surface area contributed by atoms with E-state index in [1.54, 1.807) is 6.07 Å². The van der Waals surface area contributed by atoms with Crippen molar-refractivity contribution in [3.63, 3.8) is 0 Å². The van der Waals surface area contributed by atoms with E-state index in [0.29, 0.717) is 5.02 Å². The largest absolute Gasteiger partial charge is 0.348 e. The molecule has 0 saturated carbocycles. The highest BCUT2D eigenvalue weighted by Gasteiger charge is 2.14. The van der Waals surface area contributed by atoms with Crippen molar-refractivity contribution in [2.75, 3.05) is 6.54 Å². The van der Waals surface area contributed by atoms with E-state index in [1.807, 2.05) is 31.2 Å². The fraction of sp³-hybridized carbons (Fsp3) is 0.263. The minimum Gasteiger partial charge on any atom is -0.348 e.